The molecule has 0 fully saturated rings. The van der Waals surface area contributed by atoms with E-state index in [4.69, 9.17) is 9.52 Å². The maximum absolute atomic E-state index is 8.40. The van der Waals surface area contributed by atoms with Crippen molar-refractivity contribution in [3.05, 3.63) is 42.4 Å². The summed E-state index contributed by atoms with van der Waals surface area (Å²) in [7, 11) is 0. The Bertz CT molecular complexity index is 442. The molecule has 2 heteroatoms. The molecule has 1 aromatic heterocycles. The Balaban J connectivity index is 2.39. The van der Waals surface area contributed by atoms with Crippen LogP contribution >= 0.6 is 0 Å². The van der Waals surface area contributed by atoms with E-state index in [1.54, 1.807) is 30.6 Å². The molecule has 0 aliphatic heterocycles. The van der Waals surface area contributed by atoms with Crippen molar-refractivity contribution in [2.75, 3.05) is 6.61 Å². The van der Waals surface area contributed by atoms with Crippen LogP contribution < -0.4 is 0 Å². The fourth-order valence-corrected chi connectivity index (χ4v) is 0.777. The highest BCUT2D eigenvalue weighted by atomic mass is 16.3. The van der Waals surface area contributed by atoms with Gasteiger partial charge in [0.1, 0.15) is 5.76 Å². The van der Waals surface area contributed by atoms with Gasteiger partial charge in [0.2, 0.25) is 0 Å². The average molecular weight is 198 g/mol. The summed E-state index contributed by atoms with van der Waals surface area (Å²) in [5, 5.41) is 8.40. The molecular formula is C13H10O2. The molecule has 15 heavy (non-hydrogen) atoms. The van der Waals surface area contributed by atoms with Crippen LogP contribution in [0.1, 0.15) is 5.76 Å². The lowest BCUT2D eigenvalue weighted by Gasteiger charge is -1.76. The lowest BCUT2D eigenvalue weighted by molar-refractivity contribution is 0.343. The Morgan fingerprint density at radius 3 is 2.73 bits per heavy atom. The second-order valence-corrected chi connectivity index (χ2v) is 2.47. The molecule has 1 aromatic rings. The molecule has 0 amide bonds. The van der Waals surface area contributed by atoms with Gasteiger partial charge in [0.25, 0.3) is 0 Å². The average Bonchev–Trinajstić information content (AvgIpc) is 2.75. The highest BCUT2D eigenvalue weighted by molar-refractivity contribution is 5.48. The first-order chi connectivity index (χ1) is 7.43. The zero-order valence-electron chi connectivity index (χ0n) is 8.10. The maximum Gasteiger partial charge on any atom is 0.127 e. The number of hydrogen-bond acceptors (Lipinski definition) is 2. The molecule has 0 aromatic carbocycles. The molecule has 1 rings (SSSR count). The van der Waals surface area contributed by atoms with Gasteiger partial charge in [0.05, 0.1) is 12.9 Å². The molecule has 0 atom stereocenters. The van der Waals surface area contributed by atoms with Gasteiger partial charge in [-0.2, -0.15) is 0 Å². The summed E-state index contributed by atoms with van der Waals surface area (Å²) in [6.45, 7) is 0.000501. The molecule has 0 aliphatic carbocycles. The van der Waals surface area contributed by atoms with Crippen molar-refractivity contribution in [3.8, 4) is 23.7 Å². The first kappa shape index (κ1) is 10.9. The summed E-state index contributed by atoms with van der Waals surface area (Å²) in [5.74, 6) is 11.4. The molecule has 0 saturated heterocycles. The van der Waals surface area contributed by atoms with Gasteiger partial charge in [-0.15, -0.1) is 0 Å². The Kier molecular flexibility index (Phi) is 5.29. The molecule has 0 unspecified atom stereocenters. The van der Waals surface area contributed by atoms with Gasteiger partial charge >= 0.3 is 0 Å². The summed E-state index contributed by atoms with van der Waals surface area (Å²) >= 11 is 0. The van der Waals surface area contributed by atoms with Crippen LogP contribution in [-0.2, 0) is 0 Å². The second-order valence-electron chi connectivity index (χ2n) is 2.47. The standard InChI is InChI=1S/C13H10O2/c14-11-7-5-3-1-2-4-6-9-13-10-8-12-15-13/h5-10,12,14H,11H2/b7-5-,9-6+. The van der Waals surface area contributed by atoms with E-state index in [1.165, 1.54) is 0 Å². The molecule has 2 nitrogen and oxygen atoms in total. The minimum absolute atomic E-state index is 0.000501. The van der Waals surface area contributed by atoms with Gasteiger partial charge in [0, 0.05) is 0 Å². The number of rotatable bonds is 2. The fraction of sp³-hybridized carbons (Fsp3) is 0.0769. The summed E-state index contributed by atoms with van der Waals surface area (Å²) in [6, 6.07) is 3.65. The molecule has 0 radical (unpaired) electrons. The Morgan fingerprint density at radius 1 is 1.27 bits per heavy atom. The third-order valence-corrected chi connectivity index (χ3v) is 1.39. The van der Waals surface area contributed by atoms with Crippen molar-refractivity contribution < 1.29 is 9.52 Å². The van der Waals surface area contributed by atoms with Gasteiger partial charge in [-0.25, -0.2) is 0 Å². The highest BCUT2D eigenvalue weighted by Gasteiger charge is 1.83. The van der Waals surface area contributed by atoms with E-state index < -0.39 is 0 Å². The molecule has 1 heterocycles. The number of hydrogen-bond donors (Lipinski definition) is 1. The van der Waals surface area contributed by atoms with Crippen molar-refractivity contribution in [3.63, 3.8) is 0 Å². The molecule has 0 bridgehead atoms. The zero-order valence-corrected chi connectivity index (χ0v) is 8.10. The van der Waals surface area contributed by atoms with Gasteiger partial charge < -0.3 is 9.52 Å². The van der Waals surface area contributed by atoms with Crippen LogP contribution in [0.4, 0.5) is 0 Å². The van der Waals surface area contributed by atoms with E-state index in [-0.39, 0.29) is 6.61 Å². The van der Waals surface area contributed by atoms with Crippen molar-refractivity contribution in [2.24, 2.45) is 0 Å². The lowest BCUT2D eigenvalue weighted by Crippen LogP contribution is -1.67. The van der Waals surface area contributed by atoms with E-state index in [2.05, 4.69) is 23.7 Å². The lowest BCUT2D eigenvalue weighted by atomic mass is 10.4. The second kappa shape index (κ2) is 7.26. The topological polar surface area (TPSA) is 33.4 Å². The van der Waals surface area contributed by atoms with E-state index in [0.717, 1.165) is 5.76 Å². The van der Waals surface area contributed by atoms with Crippen LogP contribution in [0.5, 0.6) is 0 Å². The minimum Gasteiger partial charge on any atom is -0.465 e. The van der Waals surface area contributed by atoms with Crippen molar-refractivity contribution in [1.29, 1.82) is 0 Å². The Morgan fingerprint density at radius 2 is 2.07 bits per heavy atom. The number of aliphatic hydroxyl groups excluding tert-OH is 1. The summed E-state index contributed by atoms with van der Waals surface area (Å²) in [5.41, 5.74) is 0. The van der Waals surface area contributed by atoms with E-state index >= 15 is 0 Å². The minimum atomic E-state index is 0.000501. The van der Waals surface area contributed by atoms with E-state index in [1.807, 2.05) is 12.1 Å². The van der Waals surface area contributed by atoms with Gasteiger partial charge in [-0.05, 0) is 42.2 Å². The normalized spacial score (nSPS) is 9.67. The fourth-order valence-electron chi connectivity index (χ4n) is 0.777. The van der Waals surface area contributed by atoms with Crippen LogP contribution in [0.25, 0.3) is 6.08 Å². The largest absolute Gasteiger partial charge is 0.465 e. The number of allylic oxidation sites excluding steroid dienone is 2. The predicted molar refractivity (Wildman–Crippen MR) is 59.5 cm³/mol. The number of furan rings is 1. The van der Waals surface area contributed by atoms with Crippen molar-refractivity contribution >= 4 is 6.08 Å². The third-order valence-electron chi connectivity index (χ3n) is 1.39. The molecule has 0 spiro atoms. The first-order valence-corrected chi connectivity index (χ1v) is 4.40. The maximum atomic E-state index is 8.40. The van der Waals surface area contributed by atoms with Crippen LogP contribution in [0.15, 0.2) is 41.0 Å². The summed E-state index contributed by atoms with van der Waals surface area (Å²) in [4.78, 5) is 0. The Hall–Kier alpha value is -2.16. The third kappa shape index (κ3) is 5.21. The highest BCUT2D eigenvalue weighted by Crippen LogP contribution is 2.00. The molecule has 0 aliphatic rings. The molecule has 0 saturated carbocycles. The van der Waals surface area contributed by atoms with Crippen molar-refractivity contribution in [2.45, 2.75) is 0 Å². The van der Waals surface area contributed by atoms with E-state index in [9.17, 15) is 0 Å². The van der Waals surface area contributed by atoms with Crippen LogP contribution in [0, 0.1) is 23.7 Å². The molecular weight excluding hydrogens is 188 g/mol. The van der Waals surface area contributed by atoms with Gasteiger partial charge in [-0.3, -0.25) is 0 Å². The summed E-state index contributed by atoms with van der Waals surface area (Å²) < 4.78 is 5.06. The zero-order chi connectivity index (χ0) is 10.8. The molecule has 74 valence electrons. The smallest absolute Gasteiger partial charge is 0.127 e. The predicted octanol–water partition coefficient (Wildman–Crippen LogP) is 1.85. The van der Waals surface area contributed by atoms with Crippen LogP contribution in [0.3, 0.4) is 0 Å². The molecule has 1 N–H and O–H groups in total. The monoisotopic (exact) mass is 198 g/mol. The first-order valence-electron chi connectivity index (χ1n) is 4.40. The van der Waals surface area contributed by atoms with E-state index in [0.29, 0.717) is 0 Å². The quantitative estimate of drug-likeness (QED) is 0.736. The number of aliphatic hydroxyl groups is 1. The van der Waals surface area contributed by atoms with Gasteiger partial charge in [-0.1, -0.05) is 17.9 Å². The summed E-state index contributed by atoms with van der Waals surface area (Å²) in [6.07, 6.45) is 8.15. The Labute approximate surface area is 88.9 Å². The van der Waals surface area contributed by atoms with Gasteiger partial charge in [0.15, 0.2) is 0 Å². The van der Waals surface area contributed by atoms with Crippen LogP contribution in [-0.4, -0.2) is 11.7 Å². The van der Waals surface area contributed by atoms with Crippen LogP contribution in [0.2, 0.25) is 0 Å². The SMILES string of the molecule is OC/C=C\C#CC#C/C=C/c1ccco1. The van der Waals surface area contributed by atoms with Crippen molar-refractivity contribution in [1.82, 2.24) is 0 Å².